The highest BCUT2D eigenvalue weighted by Gasteiger charge is 2.20. The van der Waals surface area contributed by atoms with Crippen LogP contribution < -0.4 is 4.90 Å². The van der Waals surface area contributed by atoms with Crippen LogP contribution in [0.1, 0.15) is 16.8 Å². The average Bonchev–Trinajstić information content (AvgIpc) is 2.57. The summed E-state index contributed by atoms with van der Waals surface area (Å²) in [4.78, 5) is 13.5. The molecule has 22 heavy (non-hydrogen) atoms. The first-order chi connectivity index (χ1) is 10.8. The summed E-state index contributed by atoms with van der Waals surface area (Å²) < 4.78 is 0. The van der Waals surface area contributed by atoms with Gasteiger partial charge in [-0.25, -0.2) is 4.98 Å². The molecule has 1 aliphatic heterocycles. The normalized spacial score (nSPS) is 16.0. The van der Waals surface area contributed by atoms with Gasteiger partial charge in [-0.15, -0.1) is 0 Å². The number of aryl methyl sites for hydroxylation is 1. The Bertz CT molecular complexity index is 624. The van der Waals surface area contributed by atoms with Crippen LogP contribution in [-0.4, -0.2) is 46.2 Å². The van der Waals surface area contributed by atoms with E-state index < -0.39 is 0 Å². The maximum absolute atomic E-state index is 9.43. The lowest BCUT2D eigenvalue weighted by molar-refractivity contribution is 0.242. The van der Waals surface area contributed by atoms with Crippen molar-refractivity contribution in [1.29, 1.82) is 0 Å². The molecule has 2 heterocycles. The van der Waals surface area contributed by atoms with Crippen LogP contribution in [0.3, 0.4) is 0 Å². The standard InChI is InChI=1S/C17H22N4O/c1-14-17(19-7-6-18-14)21-10-8-20(9-11-21)12-15-4-2-3-5-16(15)13-22/h2-7,22H,8-13H2,1H3. The first-order valence-electron chi connectivity index (χ1n) is 7.70. The van der Waals surface area contributed by atoms with Crippen molar-refractivity contribution in [2.75, 3.05) is 31.1 Å². The second kappa shape index (κ2) is 6.85. The van der Waals surface area contributed by atoms with Crippen molar-refractivity contribution in [3.63, 3.8) is 0 Å². The van der Waals surface area contributed by atoms with Gasteiger partial charge in [-0.1, -0.05) is 24.3 Å². The summed E-state index contributed by atoms with van der Waals surface area (Å²) in [5.74, 6) is 0.998. The highest BCUT2D eigenvalue weighted by Crippen LogP contribution is 2.18. The minimum Gasteiger partial charge on any atom is -0.392 e. The molecule has 0 unspecified atom stereocenters. The van der Waals surface area contributed by atoms with E-state index in [9.17, 15) is 5.11 Å². The molecule has 0 aliphatic carbocycles. The summed E-state index contributed by atoms with van der Waals surface area (Å²) in [5, 5.41) is 9.43. The summed E-state index contributed by atoms with van der Waals surface area (Å²) >= 11 is 0. The van der Waals surface area contributed by atoms with Crippen molar-refractivity contribution in [2.24, 2.45) is 0 Å². The Hall–Kier alpha value is -1.98. The Labute approximate surface area is 131 Å². The molecule has 1 aliphatic rings. The van der Waals surface area contributed by atoms with Crippen molar-refractivity contribution >= 4 is 5.82 Å². The van der Waals surface area contributed by atoms with Crippen LogP contribution >= 0.6 is 0 Å². The molecule has 0 saturated carbocycles. The van der Waals surface area contributed by atoms with E-state index in [1.54, 1.807) is 12.4 Å². The zero-order chi connectivity index (χ0) is 15.4. The van der Waals surface area contributed by atoms with Crippen LogP contribution in [0.4, 0.5) is 5.82 Å². The predicted molar refractivity (Wildman–Crippen MR) is 86.6 cm³/mol. The predicted octanol–water partition coefficient (Wildman–Crippen LogP) is 1.60. The number of hydrogen-bond donors (Lipinski definition) is 1. The maximum atomic E-state index is 9.43. The number of aliphatic hydroxyl groups is 1. The molecule has 1 aromatic heterocycles. The fourth-order valence-electron chi connectivity index (χ4n) is 2.94. The second-order valence-corrected chi connectivity index (χ2v) is 5.66. The van der Waals surface area contributed by atoms with E-state index in [-0.39, 0.29) is 6.61 Å². The lowest BCUT2D eigenvalue weighted by Crippen LogP contribution is -2.46. The summed E-state index contributed by atoms with van der Waals surface area (Å²) in [6.07, 6.45) is 3.49. The molecule has 0 spiro atoms. The van der Waals surface area contributed by atoms with Crippen molar-refractivity contribution in [2.45, 2.75) is 20.1 Å². The zero-order valence-corrected chi connectivity index (χ0v) is 12.9. The van der Waals surface area contributed by atoms with Gasteiger partial charge in [-0.3, -0.25) is 9.88 Å². The number of aliphatic hydroxyl groups excluding tert-OH is 1. The zero-order valence-electron chi connectivity index (χ0n) is 12.9. The Morgan fingerprint density at radius 2 is 1.68 bits per heavy atom. The molecule has 0 bridgehead atoms. The van der Waals surface area contributed by atoms with Crippen LogP contribution in [0.5, 0.6) is 0 Å². The largest absolute Gasteiger partial charge is 0.392 e. The fraction of sp³-hybridized carbons (Fsp3) is 0.412. The molecule has 1 saturated heterocycles. The summed E-state index contributed by atoms with van der Waals surface area (Å²) in [6, 6.07) is 8.11. The molecule has 0 amide bonds. The van der Waals surface area contributed by atoms with Gasteiger partial charge in [0.25, 0.3) is 0 Å². The first-order valence-corrected chi connectivity index (χ1v) is 7.70. The molecule has 5 heteroatoms. The lowest BCUT2D eigenvalue weighted by Gasteiger charge is -2.36. The van der Waals surface area contributed by atoms with Gasteiger partial charge < -0.3 is 10.0 Å². The molecule has 0 radical (unpaired) electrons. The topological polar surface area (TPSA) is 52.5 Å². The third-order valence-corrected chi connectivity index (χ3v) is 4.21. The molecule has 1 fully saturated rings. The van der Waals surface area contributed by atoms with Gasteiger partial charge in [0, 0.05) is 45.1 Å². The average molecular weight is 298 g/mol. The highest BCUT2D eigenvalue weighted by molar-refractivity contribution is 5.42. The van der Waals surface area contributed by atoms with E-state index in [1.165, 1.54) is 5.56 Å². The third kappa shape index (κ3) is 3.26. The first kappa shape index (κ1) is 14.9. The van der Waals surface area contributed by atoms with Crippen LogP contribution in [0.25, 0.3) is 0 Å². The number of aromatic nitrogens is 2. The Kier molecular flexibility index (Phi) is 4.65. The highest BCUT2D eigenvalue weighted by atomic mass is 16.3. The van der Waals surface area contributed by atoms with Crippen LogP contribution in [0, 0.1) is 6.92 Å². The van der Waals surface area contributed by atoms with Gasteiger partial charge in [0.2, 0.25) is 0 Å². The third-order valence-electron chi connectivity index (χ3n) is 4.21. The quantitative estimate of drug-likeness (QED) is 0.929. The van der Waals surface area contributed by atoms with Crippen LogP contribution in [0.2, 0.25) is 0 Å². The van der Waals surface area contributed by atoms with E-state index in [4.69, 9.17) is 0 Å². The number of anilines is 1. The van der Waals surface area contributed by atoms with E-state index >= 15 is 0 Å². The SMILES string of the molecule is Cc1nccnc1N1CCN(Cc2ccccc2CO)CC1. The molecule has 5 nitrogen and oxygen atoms in total. The second-order valence-electron chi connectivity index (χ2n) is 5.66. The Morgan fingerprint density at radius 3 is 2.36 bits per heavy atom. The summed E-state index contributed by atoms with van der Waals surface area (Å²) in [7, 11) is 0. The molecule has 0 atom stereocenters. The summed E-state index contributed by atoms with van der Waals surface area (Å²) in [6.45, 7) is 6.92. The molecule has 116 valence electrons. The van der Waals surface area contributed by atoms with Gasteiger partial charge in [0.05, 0.1) is 12.3 Å². The summed E-state index contributed by atoms with van der Waals surface area (Å²) in [5.41, 5.74) is 3.23. The lowest BCUT2D eigenvalue weighted by atomic mass is 10.1. The van der Waals surface area contributed by atoms with Crippen molar-refractivity contribution < 1.29 is 5.11 Å². The molecule has 1 aromatic carbocycles. The molecule has 2 aromatic rings. The number of benzene rings is 1. The van der Waals surface area contributed by atoms with E-state index in [0.717, 1.165) is 49.8 Å². The number of nitrogens with zero attached hydrogens (tertiary/aromatic N) is 4. The molecule has 1 N–H and O–H groups in total. The molecular weight excluding hydrogens is 276 g/mol. The van der Waals surface area contributed by atoms with Gasteiger partial charge in [-0.05, 0) is 18.1 Å². The molecule has 3 rings (SSSR count). The van der Waals surface area contributed by atoms with Gasteiger partial charge in [0.15, 0.2) is 0 Å². The molecular formula is C17H22N4O. The van der Waals surface area contributed by atoms with Crippen molar-refractivity contribution in [3.8, 4) is 0 Å². The minimum absolute atomic E-state index is 0.106. The fourth-order valence-corrected chi connectivity index (χ4v) is 2.94. The smallest absolute Gasteiger partial charge is 0.150 e. The van der Waals surface area contributed by atoms with Gasteiger partial charge in [0.1, 0.15) is 5.82 Å². The number of piperazine rings is 1. The van der Waals surface area contributed by atoms with Gasteiger partial charge >= 0.3 is 0 Å². The van der Waals surface area contributed by atoms with Crippen LogP contribution in [-0.2, 0) is 13.2 Å². The monoisotopic (exact) mass is 298 g/mol. The number of hydrogen-bond acceptors (Lipinski definition) is 5. The van der Waals surface area contributed by atoms with Gasteiger partial charge in [-0.2, -0.15) is 0 Å². The minimum atomic E-state index is 0.106. The van der Waals surface area contributed by atoms with E-state index in [1.807, 2.05) is 25.1 Å². The van der Waals surface area contributed by atoms with E-state index in [2.05, 4.69) is 25.8 Å². The maximum Gasteiger partial charge on any atom is 0.150 e. The van der Waals surface area contributed by atoms with Crippen LogP contribution in [0.15, 0.2) is 36.7 Å². The van der Waals surface area contributed by atoms with Crippen molar-refractivity contribution in [3.05, 3.63) is 53.5 Å². The van der Waals surface area contributed by atoms with E-state index in [0.29, 0.717) is 0 Å². The Balaban J connectivity index is 1.61. The number of rotatable bonds is 4. The Morgan fingerprint density at radius 1 is 1.00 bits per heavy atom. The van der Waals surface area contributed by atoms with Crippen molar-refractivity contribution in [1.82, 2.24) is 14.9 Å².